The lowest BCUT2D eigenvalue weighted by molar-refractivity contribution is -0.873. The Hall–Kier alpha value is 0.350. The molecule has 0 aliphatic rings. The van der Waals surface area contributed by atoms with Crippen LogP contribution in [0.25, 0.3) is 0 Å². The summed E-state index contributed by atoms with van der Waals surface area (Å²) in [7, 11) is 9.89. The van der Waals surface area contributed by atoms with Crippen molar-refractivity contribution in [3.63, 3.8) is 0 Å². The van der Waals surface area contributed by atoms with Crippen LogP contribution in [0.3, 0.4) is 0 Å². The van der Waals surface area contributed by atoms with Crippen LogP contribution in [-0.4, -0.2) is 38.3 Å². The third-order valence-corrected chi connectivity index (χ3v) is 4.13. The first kappa shape index (κ1) is 20.3. The standard InChI is InChI=1S/C17H38NOP/c1-5-6-7-8-9-10-11-12-13-14-15-17(19-20)16-18(2,3)4/h17,20H,5-16H2,1-4H3. The Labute approximate surface area is 130 Å². The highest BCUT2D eigenvalue weighted by molar-refractivity contribution is 7.09. The van der Waals surface area contributed by atoms with Gasteiger partial charge >= 0.3 is 0 Å². The molecule has 0 aliphatic heterocycles. The molecule has 0 saturated carbocycles. The Bertz CT molecular complexity index is 204. The summed E-state index contributed by atoms with van der Waals surface area (Å²) >= 11 is 0. The monoisotopic (exact) mass is 303 g/mol. The van der Waals surface area contributed by atoms with E-state index in [4.69, 9.17) is 4.52 Å². The second kappa shape index (κ2) is 13.0. The van der Waals surface area contributed by atoms with Gasteiger partial charge in [0.05, 0.1) is 27.2 Å². The van der Waals surface area contributed by atoms with E-state index in [1.165, 1.54) is 70.6 Å². The normalized spacial score (nSPS) is 13.7. The molecule has 122 valence electrons. The zero-order valence-electron chi connectivity index (χ0n) is 14.4. The molecular weight excluding hydrogens is 265 g/mol. The minimum absolute atomic E-state index is 0.348. The summed E-state index contributed by atoms with van der Waals surface area (Å²) in [5.74, 6) is 0. The average Bonchev–Trinajstić information content (AvgIpc) is 2.38. The van der Waals surface area contributed by atoms with Crippen molar-refractivity contribution in [1.82, 2.24) is 0 Å². The van der Waals surface area contributed by atoms with E-state index in [1.54, 1.807) is 0 Å². The van der Waals surface area contributed by atoms with E-state index < -0.39 is 0 Å². The highest BCUT2D eigenvalue weighted by Crippen LogP contribution is 2.15. The van der Waals surface area contributed by atoms with Gasteiger partial charge in [-0.05, 0) is 6.42 Å². The van der Waals surface area contributed by atoms with Crippen molar-refractivity contribution < 1.29 is 9.01 Å². The maximum absolute atomic E-state index is 5.40. The van der Waals surface area contributed by atoms with Gasteiger partial charge in [0.1, 0.15) is 6.54 Å². The molecular formula is C17H38NOP. The summed E-state index contributed by atoms with van der Waals surface area (Å²) in [6, 6.07) is 0. The summed E-state index contributed by atoms with van der Waals surface area (Å²) in [6.45, 7) is 3.35. The average molecular weight is 303 g/mol. The van der Waals surface area contributed by atoms with Crippen molar-refractivity contribution in [2.24, 2.45) is 0 Å². The van der Waals surface area contributed by atoms with E-state index in [-0.39, 0.29) is 0 Å². The van der Waals surface area contributed by atoms with Crippen molar-refractivity contribution in [1.29, 1.82) is 0 Å². The second-order valence-electron chi connectivity index (χ2n) is 7.18. The molecule has 2 nitrogen and oxygen atoms in total. The van der Waals surface area contributed by atoms with Gasteiger partial charge in [-0.2, -0.15) is 0 Å². The Kier molecular flexibility index (Phi) is 13.3. The summed E-state index contributed by atoms with van der Waals surface area (Å²) in [5, 5.41) is 0. The number of unbranched alkanes of at least 4 members (excludes halogenated alkanes) is 9. The molecule has 20 heavy (non-hydrogen) atoms. The minimum atomic E-state index is 0.348. The van der Waals surface area contributed by atoms with Gasteiger partial charge in [0.15, 0.2) is 0 Å². The molecule has 0 bridgehead atoms. The zero-order chi connectivity index (χ0) is 15.3. The molecule has 0 saturated heterocycles. The smallest absolute Gasteiger partial charge is 0.102 e. The van der Waals surface area contributed by atoms with Crippen LogP contribution in [0.15, 0.2) is 0 Å². The lowest BCUT2D eigenvalue weighted by Gasteiger charge is -2.31. The number of rotatable bonds is 14. The molecule has 0 radical (unpaired) electrons. The molecule has 0 aromatic rings. The van der Waals surface area contributed by atoms with Crippen LogP contribution >= 0.6 is 9.47 Å². The molecule has 0 amide bonds. The van der Waals surface area contributed by atoms with Crippen molar-refractivity contribution in [2.45, 2.75) is 83.7 Å². The first-order valence-electron chi connectivity index (χ1n) is 8.62. The van der Waals surface area contributed by atoms with Gasteiger partial charge in [0, 0.05) is 0 Å². The summed E-state index contributed by atoms with van der Waals surface area (Å²) in [4.78, 5) is 0. The number of quaternary nitrogens is 1. The fourth-order valence-corrected chi connectivity index (χ4v) is 2.85. The van der Waals surface area contributed by atoms with E-state index in [9.17, 15) is 0 Å². The number of likely N-dealkylation sites (N-methyl/N-ethyl adjacent to an activating group) is 1. The predicted molar refractivity (Wildman–Crippen MR) is 92.5 cm³/mol. The molecule has 1 unspecified atom stereocenters. The van der Waals surface area contributed by atoms with E-state index in [0.29, 0.717) is 6.10 Å². The molecule has 0 N–H and O–H groups in total. The van der Waals surface area contributed by atoms with E-state index in [1.807, 2.05) is 0 Å². The van der Waals surface area contributed by atoms with Gasteiger partial charge in [-0.3, -0.25) is 0 Å². The summed E-state index contributed by atoms with van der Waals surface area (Å²) in [6.07, 6.45) is 15.5. The lowest BCUT2D eigenvalue weighted by Crippen LogP contribution is -2.41. The van der Waals surface area contributed by atoms with Gasteiger partial charge in [0.25, 0.3) is 0 Å². The molecule has 3 heteroatoms. The first-order chi connectivity index (χ1) is 9.49. The zero-order valence-corrected chi connectivity index (χ0v) is 15.4. The van der Waals surface area contributed by atoms with Crippen LogP contribution in [0.1, 0.15) is 77.6 Å². The number of hydrogen-bond donors (Lipinski definition) is 0. The van der Waals surface area contributed by atoms with Crippen molar-refractivity contribution in [2.75, 3.05) is 27.7 Å². The molecule has 0 heterocycles. The first-order valence-corrected chi connectivity index (χ1v) is 9.03. The maximum Gasteiger partial charge on any atom is 0.102 e. The molecule has 0 fully saturated rings. The van der Waals surface area contributed by atoms with Gasteiger partial charge in [-0.1, -0.05) is 71.1 Å². The van der Waals surface area contributed by atoms with Crippen molar-refractivity contribution >= 4 is 9.47 Å². The van der Waals surface area contributed by atoms with E-state index in [0.717, 1.165) is 11.0 Å². The second-order valence-corrected chi connectivity index (χ2v) is 7.42. The fourth-order valence-electron chi connectivity index (χ4n) is 2.66. The molecule has 1 atom stereocenters. The minimum Gasteiger partial charge on any atom is -0.554 e. The largest absolute Gasteiger partial charge is 0.554 e. The van der Waals surface area contributed by atoms with E-state index >= 15 is 0 Å². The third-order valence-electron chi connectivity index (χ3n) is 3.80. The van der Waals surface area contributed by atoms with Crippen molar-refractivity contribution in [3.05, 3.63) is 0 Å². The van der Waals surface area contributed by atoms with Gasteiger partial charge < -0.3 is 18.5 Å². The quantitative estimate of drug-likeness (QED) is 0.236. The number of nitrogens with zero attached hydrogens (tertiary/aromatic N) is 1. The SMILES string of the molecule is CCCCCCCCCCCCC(C[N+](C)(C)C)O[PH-]. The van der Waals surface area contributed by atoms with Crippen LogP contribution in [0.5, 0.6) is 0 Å². The molecule has 0 aromatic carbocycles. The van der Waals surface area contributed by atoms with Crippen LogP contribution in [-0.2, 0) is 4.52 Å². The summed E-state index contributed by atoms with van der Waals surface area (Å²) in [5.41, 5.74) is 0. The van der Waals surface area contributed by atoms with Gasteiger partial charge in [-0.25, -0.2) is 0 Å². The predicted octanol–water partition coefficient (Wildman–Crippen LogP) is 5.45. The Morgan fingerprint density at radius 2 is 1.25 bits per heavy atom. The topological polar surface area (TPSA) is 9.23 Å². The highest BCUT2D eigenvalue weighted by atomic mass is 31.0. The molecule has 0 aromatic heterocycles. The van der Waals surface area contributed by atoms with Crippen LogP contribution in [0, 0.1) is 0 Å². The fraction of sp³-hybridized carbons (Fsp3) is 1.00. The Balaban J connectivity index is 3.33. The Morgan fingerprint density at radius 1 is 0.800 bits per heavy atom. The third kappa shape index (κ3) is 14.8. The van der Waals surface area contributed by atoms with Crippen LogP contribution < -0.4 is 0 Å². The van der Waals surface area contributed by atoms with Crippen LogP contribution in [0.4, 0.5) is 0 Å². The van der Waals surface area contributed by atoms with Gasteiger partial charge in [0.2, 0.25) is 0 Å². The van der Waals surface area contributed by atoms with E-state index in [2.05, 4.69) is 37.5 Å². The maximum atomic E-state index is 5.40. The number of hydrogen-bond acceptors (Lipinski definition) is 1. The molecule has 0 aliphatic carbocycles. The molecule has 0 spiro atoms. The van der Waals surface area contributed by atoms with Crippen molar-refractivity contribution in [3.8, 4) is 0 Å². The van der Waals surface area contributed by atoms with Gasteiger partial charge in [-0.15, -0.1) is 0 Å². The lowest BCUT2D eigenvalue weighted by atomic mass is 10.0. The highest BCUT2D eigenvalue weighted by Gasteiger charge is 2.14. The summed E-state index contributed by atoms with van der Waals surface area (Å²) < 4.78 is 6.36. The van der Waals surface area contributed by atoms with Crippen LogP contribution in [0.2, 0.25) is 0 Å². The molecule has 0 rings (SSSR count). The Morgan fingerprint density at radius 3 is 1.65 bits per heavy atom.